The number of rotatable bonds is 5. The minimum absolute atomic E-state index is 0.0693. The molecule has 0 aliphatic heterocycles. The van der Waals surface area contributed by atoms with Gasteiger partial charge in [-0.2, -0.15) is 13.2 Å². The molecule has 1 atom stereocenters. The minimum atomic E-state index is -4.71. The smallest absolute Gasteiger partial charge is 0.391 e. The van der Waals surface area contributed by atoms with Crippen LogP contribution < -0.4 is 10.1 Å². The highest BCUT2D eigenvalue weighted by molar-refractivity contribution is 6.09. The van der Waals surface area contributed by atoms with Crippen LogP contribution in [0.1, 0.15) is 16.8 Å². The number of ether oxygens (including phenoxy) is 1. The van der Waals surface area contributed by atoms with E-state index in [1.807, 2.05) is 5.32 Å². The van der Waals surface area contributed by atoms with Crippen LogP contribution >= 0.6 is 0 Å². The first-order valence-electron chi connectivity index (χ1n) is 6.89. The number of alkyl halides is 3. The van der Waals surface area contributed by atoms with Crippen molar-refractivity contribution in [1.82, 2.24) is 5.32 Å². The highest BCUT2D eigenvalue weighted by atomic mass is 19.4. The molecule has 0 saturated heterocycles. The Morgan fingerprint density at radius 2 is 1.79 bits per heavy atom. The summed E-state index contributed by atoms with van der Waals surface area (Å²) < 4.78 is 42.5. The van der Waals surface area contributed by atoms with Gasteiger partial charge >= 0.3 is 12.1 Å². The number of benzene rings is 2. The molecule has 0 saturated carbocycles. The molecule has 2 N–H and O–H groups in total. The van der Waals surface area contributed by atoms with Crippen LogP contribution in [0.4, 0.5) is 13.2 Å². The Morgan fingerprint density at radius 3 is 2.33 bits per heavy atom. The van der Waals surface area contributed by atoms with Crippen molar-refractivity contribution in [2.24, 2.45) is 0 Å². The summed E-state index contributed by atoms with van der Waals surface area (Å²) in [6, 6.07) is 7.49. The summed E-state index contributed by atoms with van der Waals surface area (Å²) in [7, 11) is 1.45. The predicted molar refractivity (Wildman–Crippen MR) is 80.1 cm³/mol. The van der Waals surface area contributed by atoms with Gasteiger partial charge in [0.05, 0.1) is 13.5 Å². The number of fused-ring (bicyclic) bond motifs is 1. The number of hydrogen-bond acceptors (Lipinski definition) is 3. The Kier molecular flexibility index (Phi) is 4.96. The van der Waals surface area contributed by atoms with E-state index in [9.17, 15) is 22.8 Å². The van der Waals surface area contributed by atoms with Gasteiger partial charge in [-0.15, -0.1) is 0 Å². The first-order valence-corrected chi connectivity index (χ1v) is 6.89. The Morgan fingerprint density at radius 1 is 1.17 bits per heavy atom. The molecular weight excluding hydrogens is 327 g/mol. The lowest BCUT2D eigenvalue weighted by Gasteiger charge is -2.17. The maximum Gasteiger partial charge on any atom is 0.391 e. The zero-order chi connectivity index (χ0) is 17.9. The van der Waals surface area contributed by atoms with Crippen LogP contribution in [0.3, 0.4) is 0 Å². The first-order chi connectivity index (χ1) is 11.2. The Bertz CT molecular complexity index is 773. The average Bonchev–Trinajstić information content (AvgIpc) is 2.51. The number of carboxylic acid groups (broad SMARTS) is 1. The summed E-state index contributed by atoms with van der Waals surface area (Å²) in [5.41, 5.74) is 0.0693. The summed E-state index contributed by atoms with van der Waals surface area (Å²) in [6.07, 6.45) is -6.36. The number of carbonyl (C=O) groups is 2. The fourth-order valence-corrected chi connectivity index (χ4v) is 2.31. The normalized spacial score (nSPS) is 12.7. The Balaban J connectivity index is 2.36. The molecule has 0 aliphatic carbocycles. The van der Waals surface area contributed by atoms with Crippen molar-refractivity contribution in [2.75, 3.05) is 7.11 Å². The van der Waals surface area contributed by atoms with Crippen LogP contribution in [0.5, 0.6) is 5.75 Å². The molecule has 2 rings (SSSR count). The van der Waals surface area contributed by atoms with Crippen molar-refractivity contribution in [1.29, 1.82) is 0 Å². The van der Waals surface area contributed by atoms with Crippen molar-refractivity contribution in [3.05, 3.63) is 42.0 Å². The van der Waals surface area contributed by atoms with Gasteiger partial charge < -0.3 is 15.2 Å². The van der Waals surface area contributed by atoms with Gasteiger partial charge in [0.2, 0.25) is 0 Å². The average molecular weight is 341 g/mol. The fraction of sp³-hybridized carbons (Fsp3) is 0.250. The zero-order valence-corrected chi connectivity index (χ0v) is 12.6. The molecule has 24 heavy (non-hydrogen) atoms. The van der Waals surface area contributed by atoms with Gasteiger partial charge in [-0.25, -0.2) is 4.79 Å². The van der Waals surface area contributed by atoms with Gasteiger partial charge in [0.15, 0.2) is 0 Å². The first kappa shape index (κ1) is 17.6. The number of amides is 1. The maximum absolute atomic E-state index is 12.4. The molecule has 2 aromatic carbocycles. The molecule has 0 aliphatic rings. The van der Waals surface area contributed by atoms with Crippen molar-refractivity contribution in [3.8, 4) is 5.75 Å². The van der Waals surface area contributed by atoms with E-state index in [1.54, 1.807) is 24.3 Å². The summed E-state index contributed by atoms with van der Waals surface area (Å²) in [6.45, 7) is 0. The topological polar surface area (TPSA) is 75.6 Å². The quantitative estimate of drug-likeness (QED) is 0.877. The molecule has 0 spiro atoms. The van der Waals surface area contributed by atoms with E-state index < -0.39 is 30.5 Å². The van der Waals surface area contributed by atoms with E-state index in [0.717, 1.165) is 0 Å². The number of nitrogens with one attached hydrogen (secondary N) is 1. The third kappa shape index (κ3) is 3.95. The highest BCUT2D eigenvalue weighted by Crippen LogP contribution is 2.28. The monoisotopic (exact) mass is 341 g/mol. The minimum Gasteiger partial charge on any atom is -0.496 e. The number of halogens is 3. The molecule has 128 valence electrons. The van der Waals surface area contributed by atoms with E-state index >= 15 is 0 Å². The van der Waals surface area contributed by atoms with Gasteiger partial charge in [-0.05, 0) is 17.5 Å². The summed E-state index contributed by atoms with van der Waals surface area (Å²) in [4.78, 5) is 23.2. The summed E-state index contributed by atoms with van der Waals surface area (Å²) in [5, 5.41) is 11.9. The van der Waals surface area contributed by atoms with Crippen LogP contribution in [0, 0.1) is 0 Å². The van der Waals surface area contributed by atoms with Gasteiger partial charge in [0.25, 0.3) is 5.91 Å². The summed E-state index contributed by atoms with van der Waals surface area (Å²) in [5.74, 6) is -2.16. The number of carboxylic acids is 1. The third-order valence-corrected chi connectivity index (χ3v) is 3.39. The number of hydrogen-bond donors (Lipinski definition) is 2. The molecule has 0 fully saturated rings. The van der Waals surface area contributed by atoms with Crippen molar-refractivity contribution < 1.29 is 32.6 Å². The molecule has 0 aromatic heterocycles. The lowest BCUT2D eigenvalue weighted by atomic mass is 10.0. The summed E-state index contributed by atoms with van der Waals surface area (Å²) >= 11 is 0. The van der Waals surface area contributed by atoms with Gasteiger partial charge in [-0.1, -0.05) is 24.3 Å². The second-order valence-electron chi connectivity index (χ2n) is 5.04. The van der Waals surface area contributed by atoms with E-state index in [2.05, 4.69) is 0 Å². The standard InChI is InChI=1S/C16H14F3NO4/c1-24-13-7-6-11(9-4-2-3-5-10(9)13)14(21)20-12(15(22)23)8-16(17,18)19/h2-7,12H,8H2,1H3,(H,20,21)(H,22,23). The number of carbonyl (C=O) groups excluding carboxylic acids is 1. The molecule has 5 nitrogen and oxygen atoms in total. The Labute approximate surface area is 135 Å². The lowest BCUT2D eigenvalue weighted by molar-refractivity contribution is -0.157. The van der Waals surface area contributed by atoms with Gasteiger partial charge in [0.1, 0.15) is 11.8 Å². The molecule has 0 radical (unpaired) electrons. The van der Waals surface area contributed by atoms with Crippen LogP contribution in [-0.2, 0) is 4.79 Å². The zero-order valence-electron chi connectivity index (χ0n) is 12.6. The van der Waals surface area contributed by atoms with Crippen molar-refractivity contribution >= 4 is 22.6 Å². The molecule has 0 bridgehead atoms. The molecule has 1 amide bonds. The highest BCUT2D eigenvalue weighted by Gasteiger charge is 2.36. The van der Waals surface area contributed by atoms with E-state index in [4.69, 9.17) is 9.84 Å². The van der Waals surface area contributed by atoms with Crippen molar-refractivity contribution in [2.45, 2.75) is 18.6 Å². The molecule has 1 unspecified atom stereocenters. The number of methoxy groups -OCH3 is 1. The Hall–Kier alpha value is -2.77. The van der Waals surface area contributed by atoms with Crippen LogP contribution in [0.2, 0.25) is 0 Å². The molecular formula is C16H14F3NO4. The third-order valence-electron chi connectivity index (χ3n) is 3.39. The SMILES string of the molecule is COc1ccc(C(=O)NC(CC(F)(F)F)C(=O)O)c2ccccc12. The molecule has 2 aromatic rings. The molecule has 8 heteroatoms. The van der Waals surface area contributed by atoms with E-state index in [1.165, 1.54) is 19.2 Å². The van der Waals surface area contributed by atoms with Crippen molar-refractivity contribution in [3.63, 3.8) is 0 Å². The van der Waals surface area contributed by atoms with Crippen LogP contribution in [0.15, 0.2) is 36.4 Å². The fourth-order valence-electron chi connectivity index (χ4n) is 2.31. The predicted octanol–water partition coefficient (Wildman–Crippen LogP) is 2.98. The number of aliphatic carboxylic acids is 1. The lowest BCUT2D eigenvalue weighted by Crippen LogP contribution is -2.43. The second kappa shape index (κ2) is 6.77. The van der Waals surface area contributed by atoms with E-state index in [0.29, 0.717) is 16.5 Å². The second-order valence-corrected chi connectivity index (χ2v) is 5.04. The van der Waals surface area contributed by atoms with E-state index in [-0.39, 0.29) is 5.56 Å². The molecule has 0 heterocycles. The van der Waals surface area contributed by atoms with Crippen LogP contribution in [0.25, 0.3) is 10.8 Å². The van der Waals surface area contributed by atoms with Gasteiger partial charge in [0, 0.05) is 10.9 Å². The maximum atomic E-state index is 12.4. The van der Waals surface area contributed by atoms with Crippen LogP contribution in [-0.4, -0.2) is 36.3 Å². The largest absolute Gasteiger partial charge is 0.496 e. The van der Waals surface area contributed by atoms with Gasteiger partial charge in [-0.3, -0.25) is 4.79 Å².